The molecule has 2 heterocycles. The number of aliphatic hydroxyl groups is 1. The highest BCUT2D eigenvalue weighted by Crippen LogP contribution is 2.29. The van der Waals surface area contributed by atoms with Crippen molar-refractivity contribution in [3.05, 3.63) is 5.82 Å². The number of nitrogens with zero attached hydrogens (tertiary/aromatic N) is 4. The Balaban J connectivity index is 1.97. The molecule has 0 saturated carbocycles. The van der Waals surface area contributed by atoms with E-state index in [4.69, 9.17) is 4.74 Å². The lowest BCUT2D eigenvalue weighted by Crippen LogP contribution is -2.42. The van der Waals surface area contributed by atoms with Gasteiger partial charge < -0.3 is 9.84 Å². The van der Waals surface area contributed by atoms with Crippen molar-refractivity contribution in [2.75, 3.05) is 6.61 Å². The third-order valence-corrected chi connectivity index (χ3v) is 3.18. The Kier molecular flexibility index (Phi) is 3.73. The fraction of sp³-hybridized carbons (Fsp3) is 0.909. The van der Waals surface area contributed by atoms with E-state index in [9.17, 15) is 5.11 Å². The minimum atomic E-state index is -0.735. The third kappa shape index (κ3) is 3.23. The van der Waals surface area contributed by atoms with Crippen LogP contribution in [0.4, 0.5) is 0 Å². The molecule has 0 spiro atoms. The molecule has 1 aliphatic rings. The molecule has 0 bridgehead atoms. The summed E-state index contributed by atoms with van der Waals surface area (Å²) in [5, 5.41) is 22.4. The normalized spacial score (nSPS) is 29.5. The van der Waals surface area contributed by atoms with Crippen LogP contribution in [0.5, 0.6) is 0 Å². The van der Waals surface area contributed by atoms with Crippen molar-refractivity contribution in [3.8, 4) is 0 Å². The summed E-state index contributed by atoms with van der Waals surface area (Å²) in [4.78, 5) is 1.42. The molecule has 1 aromatic heterocycles. The maximum atomic E-state index is 10.5. The van der Waals surface area contributed by atoms with E-state index in [1.54, 1.807) is 7.05 Å². The number of rotatable bonds is 4. The average Bonchev–Trinajstić information content (AvgIpc) is 2.63. The van der Waals surface area contributed by atoms with E-state index in [-0.39, 0.29) is 6.10 Å². The van der Waals surface area contributed by atoms with Gasteiger partial charge >= 0.3 is 0 Å². The fourth-order valence-corrected chi connectivity index (χ4v) is 2.36. The molecule has 96 valence electrons. The van der Waals surface area contributed by atoms with Crippen LogP contribution in [0.15, 0.2) is 0 Å². The number of ether oxygens (including phenoxy) is 1. The zero-order chi connectivity index (χ0) is 12.3. The lowest BCUT2D eigenvalue weighted by molar-refractivity contribution is -0.105. The van der Waals surface area contributed by atoms with Crippen molar-refractivity contribution in [2.24, 2.45) is 7.05 Å². The average molecular weight is 240 g/mol. The molecule has 6 nitrogen and oxygen atoms in total. The molecule has 1 N–H and O–H groups in total. The number of aryl methyl sites for hydroxylation is 1. The number of hydrogen-bond donors (Lipinski definition) is 1. The molecule has 1 aromatic rings. The molecule has 6 heteroatoms. The van der Waals surface area contributed by atoms with Crippen LogP contribution in [0.3, 0.4) is 0 Å². The Bertz CT molecular complexity index is 366. The lowest BCUT2D eigenvalue weighted by Gasteiger charge is -2.36. The smallest absolute Gasteiger partial charge is 0.177 e. The predicted octanol–water partition coefficient (Wildman–Crippen LogP) is 0.463. The summed E-state index contributed by atoms with van der Waals surface area (Å²) in [5.41, 5.74) is -0.735. The zero-order valence-electron chi connectivity index (χ0n) is 10.5. The second-order valence-electron chi connectivity index (χ2n) is 4.83. The van der Waals surface area contributed by atoms with E-state index in [1.165, 1.54) is 4.80 Å². The van der Waals surface area contributed by atoms with E-state index in [0.29, 0.717) is 31.7 Å². The molecule has 2 atom stereocenters. The molecule has 0 aliphatic carbocycles. The van der Waals surface area contributed by atoms with Gasteiger partial charge in [-0.2, -0.15) is 4.80 Å². The van der Waals surface area contributed by atoms with Gasteiger partial charge in [-0.25, -0.2) is 0 Å². The molecule has 17 heavy (non-hydrogen) atoms. The molecule has 0 aromatic carbocycles. The quantitative estimate of drug-likeness (QED) is 0.828. The Hall–Kier alpha value is -1.01. The van der Waals surface area contributed by atoms with Crippen LogP contribution in [0.2, 0.25) is 0 Å². The van der Waals surface area contributed by atoms with Crippen molar-refractivity contribution in [3.63, 3.8) is 0 Å². The minimum absolute atomic E-state index is 0.162. The Morgan fingerprint density at radius 2 is 2.41 bits per heavy atom. The first-order valence-corrected chi connectivity index (χ1v) is 6.18. The first-order chi connectivity index (χ1) is 8.11. The van der Waals surface area contributed by atoms with Crippen molar-refractivity contribution in [2.45, 2.75) is 50.7 Å². The van der Waals surface area contributed by atoms with Crippen LogP contribution in [0, 0.1) is 0 Å². The van der Waals surface area contributed by atoms with Crippen LogP contribution in [0.25, 0.3) is 0 Å². The van der Waals surface area contributed by atoms with E-state index < -0.39 is 5.60 Å². The van der Waals surface area contributed by atoms with Gasteiger partial charge in [0.05, 0.1) is 18.8 Å². The van der Waals surface area contributed by atoms with Crippen LogP contribution >= 0.6 is 0 Å². The second-order valence-corrected chi connectivity index (χ2v) is 4.83. The standard InChI is InChI=1S/C11H20N4O2/c1-3-4-9-7-11(16,5-6-17-9)8-10-12-14-15(2)13-10/h9,16H,3-8H2,1-2H3. The summed E-state index contributed by atoms with van der Waals surface area (Å²) < 4.78 is 5.64. The van der Waals surface area contributed by atoms with Crippen LogP contribution in [0.1, 0.15) is 38.4 Å². The van der Waals surface area contributed by atoms with Gasteiger partial charge in [0, 0.05) is 25.9 Å². The highest BCUT2D eigenvalue weighted by atomic mass is 16.5. The van der Waals surface area contributed by atoms with Crippen molar-refractivity contribution in [1.29, 1.82) is 0 Å². The van der Waals surface area contributed by atoms with Crippen LogP contribution in [-0.4, -0.2) is 43.6 Å². The largest absolute Gasteiger partial charge is 0.389 e. The summed E-state index contributed by atoms with van der Waals surface area (Å²) in [6.45, 7) is 2.74. The first kappa shape index (κ1) is 12.4. The molecule has 1 aliphatic heterocycles. The van der Waals surface area contributed by atoms with E-state index in [2.05, 4.69) is 22.3 Å². The SMILES string of the molecule is CCCC1CC(O)(Cc2nnn(C)n2)CCO1. The van der Waals surface area contributed by atoms with Crippen LogP contribution in [-0.2, 0) is 18.2 Å². The Morgan fingerprint density at radius 1 is 1.59 bits per heavy atom. The molecule has 1 saturated heterocycles. The molecular weight excluding hydrogens is 220 g/mol. The van der Waals surface area contributed by atoms with Gasteiger partial charge in [0.25, 0.3) is 0 Å². The maximum absolute atomic E-state index is 10.5. The molecule has 1 fully saturated rings. The zero-order valence-corrected chi connectivity index (χ0v) is 10.5. The van der Waals surface area contributed by atoms with Gasteiger partial charge in [-0.05, 0) is 11.6 Å². The van der Waals surface area contributed by atoms with E-state index in [0.717, 1.165) is 12.8 Å². The first-order valence-electron chi connectivity index (χ1n) is 6.18. The van der Waals surface area contributed by atoms with Crippen molar-refractivity contribution < 1.29 is 9.84 Å². The summed E-state index contributed by atoms with van der Waals surface area (Å²) >= 11 is 0. The predicted molar refractivity (Wildman–Crippen MR) is 61.3 cm³/mol. The third-order valence-electron chi connectivity index (χ3n) is 3.18. The van der Waals surface area contributed by atoms with Gasteiger partial charge in [0.2, 0.25) is 0 Å². The summed E-state index contributed by atoms with van der Waals surface area (Å²) in [7, 11) is 1.73. The van der Waals surface area contributed by atoms with Gasteiger partial charge in [-0.15, -0.1) is 10.2 Å². The molecule has 2 rings (SSSR count). The number of tetrazole rings is 1. The molecule has 0 amide bonds. The minimum Gasteiger partial charge on any atom is -0.389 e. The lowest BCUT2D eigenvalue weighted by atomic mass is 9.86. The monoisotopic (exact) mass is 240 g/mol. The molecule has 0 radical (unpaired) electrons. The van der Waals surface area contributed by atoms with Gasteiger partial charge in [-0.3, -0.25) is 0 Å². The summed E-state index contributed by atoms with van der Waals surface area (Å²) in [5.74, 6) is 0.604. The van der Waals surface area contributed by atoms with E-state index >= 15 is 0 Å². The second kappa shape index (κ2) is 5.10. The number of hydrogen-bond acceptors (Lipinski definition) is 5. The van der Waals surface area contributed by atoms with E-state index in [1.807, 2.05) is 0 Å². The Morgan fingerprint density at radius 3 is 3.06 bits per heavy atom. The highest BCUT2D eigenvalue weighted by molar-refractivity contribution is 4.94. The van der Waals surface area contributed by atoms with Gasteiger partial charge in [0.15, 0.2) is 5.82 Å². The van der Waals surface area contributed by atoms with Crippen LogP contribution < -0.4 is 0 Å². The molecular formula is C11H20N4O2. The summed E-state index contributed by atoms with van der Waals surface area (Å²) in [6, 6.07) is 0. The molecule has 2 unspecified atom stereocenters. The van der Waals surface area contributed by atoms with Gasteiger partial charge in [-0.1, -0.05) is 13.3 Å². The van der Waals surface area contributed by atoms with Gasteiger partial charge in [0.1, 0.15) is 0 Å². The fourth-order valence-electron chi connectivity index (χ4n) is 2.36. The Labute approximate surface area is 101 Å². The number of aromatic nitrogens is 4. The summed E-state index contributed by atoms with van der Waals surface area (Å²) in [6.07, 6.45) is 4.01. The highest BCUT2D eigenvalue weighted by Gasteiger charge is 2.36. The maximum Gasteiger partial charge on any atom is 0.177 e. The topological polar surface area (TPSA) is 73.1 Å². The van der Waals surface area contributed by atoms with Crippen molar-refractivity contribution >= 4 is 0 Å². The van der Waals surface area contributed by atoms with Crippen molar-refractivity contribution in [1.82, 2.24) is 20.2 Å².